The molecule has 0 saturated carbocycles. The fraction of sp³-hybridized carbons (Fsp3) is 0.235. The lowest BCUT2D eigenvalue weighted by atomic mass is 10.3. The molecule has 0 saturated heterocycles. The molecule has 8 nitrogen and oxygen atoms in total. The van der Waals surface area contributed by atoms with Crippen LogP contribution in [0.25, 0.3) is 11.5 Å². The van der Waals surface area contributed by atoms with Crippen molar-refractivity contribution >= 4 is 40.0 Å². The second kappa shape index (κ2) is 8.78. The zero-order valence-electron chi connectivity index (χ0n) is 14.7. The first kappa shape index (κ1) is 19.1. The number of ether oxygens (including phenoxy) is 1. The Labute approximate surface area is 164 Å². The summed E-state index contributed by atoms with van der Waals surface area (Å²) in [4.78, 5) is 28.2. The molecule has 3 heterocycles. The van der Waals surface area contributed by atoms with Crippen LogP contribution < -0.4 is 5.32 Å². The van der Waals surface area contributed by atoms with Gasteiger partial charge in [0.2, 0.25) is 5.91 Å². The lowest BCUT2D eigenvalue weighted by molar-refractivity contribution is -0.113. The maximum atomic E-state index is 12.3. The summed E-state index contributed by atoms with van der Waals surface area (Å²) in [6.45, 7) is 2.63. The zero-order chi connectivity index (χ0) is 19.2. The smallest absolute Gasteiger partial charge is 0.340 e. The molecule has 1 amide bonds. The summed E-state index contributed by atoms with van der Waals surface area (Å²) in [7, 11) is 1.30. The molecule has 0 aliphatic carbocycles. The highest BCUT2D eigenvalue weighted by molar-refractivity contribution is 7.99. The van der Waals surface area contributed by atoms with E-state index in [0.29, 0.717) is 28.1 Å². The van der Waals surface area contributed by atoms with Gasteiger partial charge in [0.15, 0.2) is 11.0 Å². The Kier molecular flexibility index (Phi) is 6.20. The van der Waals surface area contributed by atoms with Crippen LogP contribution in [0.1, 0.15) is 17.3 Å². The molecule has 0 aliphatic heterocycles. The predicted molar refractivity (Wildman–Crippen MR) is 104 cm³/mol. The van der Waals surface area contributed by atoms with E-state index in [4.69, 9.17) is 4.74 Å². The van der Waals surface area contributed by atoms with Crippen LogP contribution in [0.5, 0.6) is 0 Å². The number of aromatic nitrogens is 4. The highest BCUT2D eigenvalue weighted by Crippen LogP contribution is 2.26. The minimum Gasteiger partial charge on any atom is -0.465 e. The first-order chi connectivity index (χ1) is 13.1. The summed E-state index contributed by atoms with van der Waals surface area (Å²) in [5.74, 6) is 0.0774. The van der Waals surface area contributed by atoms with Gasteiger partial charge in [-0.2, -0.15) is 0 Å². The Hall–Kier alpha value is -2.72. The Balaban J connectivity index is 1.67. The molecular weight excluding hydrogens is 386 g/mol. The molecule has 0 atom stereocenters. The van der Waals surface area contributed by atoms with Crippen molar-refractivity contribution < 1.29 is 14.3 Å². The predicted octanol–water partition coefficient (Wildman–Crippen LogP) is 2.94. The third kappa shape index (κ3) is 4.34. The fourth-order valence-corrected chi connectivity index (χ4v) is 3.93. The number of thioether (sulfide) groups is 1. The normalized spacial score (nSPS) is 10.6. The summed E-state index contributed by atoms with van der Waals surface area (Å²) >= 11 is 2.54. The van der Waals surface area contributed by atoms with E-state index in [-0.39, 0.29) is 11.7 Å². The van der Waals surface area contributed by atoms with Crippen molar-refractivity contribution in [1.29, 1.82) is 0 Å². The van der Waals surface area contributed by atoms with Crippen molar-refractivity contribution in [3.05, 3.63) is 41.4 Å². The first-order valence-corrected chi connectivity index (χ1v) is 9.93. The van der Waals surface area contributed by atoms with Crippen LogP contribution in [-0.4, -0.2) is 44.5 Å². The van der Waals surface area contributed by atoms with Gasteiger partial charge in [0.1, 0.15) is 10.7 Å². The van der Waals surface area contributed by atoms with Gasteiger partial charge in [0.05, 0.1) is 18.4 Å². The molecule has 140 valence electrons. The first-order valence-electron chi connectivity index (χ1n) is 8.07. The second-order valence-corrected chi connectivity index (χ2v) is 7.12. The topological polar surface area (TPSA) is 99.0 Å². The van der Waals surface area contributed by atoms with E-state index in [1.54, 1.807) is 17.6 Å². The lowest BCUT2D eigenvalue weighted by Crippen LogP contribution is -2.16. The molecule has 1 N–H and O–H groups in total. The molecular formula is C17H17N5O3S2. The SMILES string of the molecule is CCn1c(SCC(=O)Nc2sccc2C(=O)OC)nnc1-c1ccccn1. The Morgan fingerprint density at radius 1 is 1.30 bits per heavy atom. The number of thiophene rings is 1. The summed E-state index contributed by atoms with van der Waals surface area (Å²) < 4.78 is 6.61. The van der Waals surface area contributed by atoms with Gasteiger partial charge in [0, 0.05) is 12.7 Å². The van der Waals surface area contributed by atoms with Crippen LogP contribution in [0.4, 0.5) is 5.00 Å². The number of nitrogens with zero attached hydrogens (tertiary/aromatic N) is 4. The number of pyridine rings is 1. The van der Waals surface area contributed by atoms with E-state index < -0.39 is 5.97 Å². The van der Waals surface area contributed by atoms with Gasteiger partial charge in [-0.1, -0.05) is 17.8 Å². The van der Waals surface area contributed by atoms with Crippen molar-refractivity contribution in [3.63, 3.8) is 0 Å². The Bertz CT molecular complexity index is 939. The highest BCUT2D eigenvalue weighted by Gasteiger charge is 2.18. The largest absolute Gasteiger partial charge is 0.465 e. The van der Waals surface area contributed by atoms with Crippen molar-refractivity contribution in [1.82, 2.24) is 19.7 Å². The lowest BCUT2D eigenvalue weighted by Gasteiger charge is -2.07. The summed E-state index contributed by atoms with van der Waals surface area (Å²) in [6.07, 6.45) is 1.70. The van der Waals surface area contributed by atoms with Gasteiger partial charge in [-0.25, -0.2) is 4.79 Å². The molecule has 0 unspecified atom stereocenters. The second-order valence-electron chi connectivity index (χ2n) is 5.26. The van der Waals surface area contributed by atoms with E-state index in [2.05, 4.69) is 20.5 Å². The monoisotopic (exact) mass is 403 g/mol. The van der Waals surface area contributed by atoms with E-state index in [0.717, 1.165) is 5.69 Å². The Morgan fingerprint density at radius 2 is 2.15 bits per heavy atom. The molecule has 3 aromatic heterocycles. The number of carbonyl (C=O) groups is 2. The highest BCUT2D eigenvalue weighted by atomic mass is 32.2. The van der Waals surface area contributed by atoms with Crippen molar-refractivity contribution in [3.8, 4) is 11.5 Å². The molecule has 0 aromatic carbocycles. The number of rotatable bonds is 7. The minimum absolute atomic E-state index is 0.138. The van der Waals surface area contributed by atoms with Crippen LogP contribution in [0, 0.1) is 0 Å². The molecule has 0 fully saturated rings. The van der Waals surface area contributed by atoms with Gasteiger partial charge in [-0.05, 0) is 30.5 Å². The maximum absolute atomic E-state index is 12.3. The molecule has 27 heavy (non-hydrogen) atoms. The van der Waals surface area contributed by atoms with E-state index in [9.17, 15) is 9.59 Å². The van der Waals surface area contributed by atoms with Gasteiger partial charge in [-0.15, -0.1) is 21.5 Å². The van der Waals surface area contributed by atoms with Crippen LogP contribution >= 0.6 is 23.1 Å². The van der Waals surface area contributed by atoms with E-state index in [1.807, 2.05) is 29.7 Å². The van der Waals surface area contributed by atoms with Crippen molar-refractivity contribution in [2.75, 3.05) is 18.2 Å². The average molecular weight is 403 g/mol. The maximum Gasteiger partial charge on any atom is 0.340 e. The van der Waals surface area contributed by atoms with Gasteiger partial charge < -0.3 is 14.6 Å². The van der Waals surface area contributed by atoms with Gasteiger partial charge in [0.25, 0.3) is 0 Å². The third-order valence-electron chi connectivity index (χ3n) is 3.58. The van der Waals surface area contributed by atoms with E-state index >= 15 is 0 Å². The molecule has 0 spiro atoms. The van der Waals surface area contributed by atoms with Crippen molar-refractivity contribution in [2.45, 2.75) is 18.6 Å². The average Bonchev–Trinajstić information content (AvgIpc) is 3.32. The number of hydrogen-bond donors (Lipinski definition) is 1. The quantitative estimate of drug-likeness (QED) is 0.478. The number of esters is 1. The van der Waals surface area contributed by atoms with Crippen LogP contribution in [0.3, 0.4) is 0 Å². The molecule has 10 heteroatoms. The summed E-state index contributed by atoms with van der Waals surface area (Å²) in [5, 5.41) is 13.9. The number of nitrogens with one attached hydrogen (secondary N) is 1. The van der Waals surface area contributed by atoms with Crippen LogP contribution in [0.2, 0.25) is 0 Å². The van der Waals surface area contributed by atoms with Crippen LogP contribution in [-0.2, 0) is 16.1 Å². The molecule has 3 aromatic rings. The molecule has 0 aliphatic rings. The zero-order valence-corrected chi connectivity index (χ0v) is 16.3. The number of carbonyl (C=O) groups excluding carboxylic acids is 2. The molecule has 0 bridgehead atoms. The fourth-order valence-electron chi connectivity index (χ4n) is 2.33. The summed E-state index contributed by atoms with van der Waals surface area (Å²) in [6, 6.07) is 7.20. The molecule has 0 radical (unpaired) electrons. The minimum atomic E-state index is -0.482. The van der Waals surface area contributed by atoms with Crippen LogP contribution in [0.15, 0.2) is 41.0 Å². The van der Waals surface area contributed by atoms with Gasteiger partial charge >= 0.3 is 5.97 Å². The number of anilines is 1. The number of hydrogen-bond acceptors (Lipinski definition) is 8. The van der Waals surface area contributed by atoms with E-state index in [1.165, 1.54) is 30.2 Å². The Morgan fingerprint density at radius 3 is 2.85 bits per heavy atom. The van der Waals surface area contributed by atoms with Crippen molar-refractivity contribution in [2.24, 2.45) is 0 Å². The molecule has 3 rings (SSSR count). The number of amides is 1. The standard InChI is InChI=1S/C17H17N5O3S2/c1-3-22-14(12-6-4-5-8-18-12)20-21-17(22)27-10-13(23)19-15-11(7-9-26-15)16(24)25-2/h4-9H,3,10H2,1-2H3,(H,19,23). The van der Waals surface area contributed by atoms with Gasteiger partial charge in [-0.3, -0.25) is 9.78 Å². The third-order valence-corrected chi connectivity index (χ3v) is 5.38. The summed E-state index contributed by atoms with van der Waals surface area (Å²) in [5.41, 5.74) is 1.07. The number of methoxy groups -OCH3 is 1.